The van der Waals surface area contributed by atoms with E-state index in [0.717, 1.165) is 31.6 Å². The monoisotopic (exact) mass is 233 g/mol. The van der Waals surface area contributed by atoms with Gasteiger partial charge in [0.25, 0.3) is 0 Å². The van der Waals surface area contributed by atoms with E-state index in [1.807, 2.05) is 32.0 Å². The predicted octanol–water partition coefficient (Wildman–Crippen LogP) is 1.72. The molecule has 0 aliphatic carbocycles. The van der Waals surface area contributed by atoms with Crippen molar-refractivity contribution in [3.05, 3.63) is 23.9 Å². The lowest BCUT2D eigenvalue weighted by molar-refractivity contribution is -0.126. The molecule has 0 spiro atoms. The quantitative estimate of drug-likeness (QED) is 0.817. The van der Waals surface area contributed by atoms with Gasteiger partial charge in [-0.2, -0.15) is 0 Å². The predicted molar refractivity (Wildman–Crippen MR) is 67.8 cm³/mol. The van der Waals surface area contributed by atoms with Crippen LogP contribution >= 0.6 is 0 Å². The normalized spacial score (nSPS) is 18.7. The second kappa shape index (κ2) is 4.84. The molecule has 1 aliphatic rings. The molecule has 1 saturated heterocycles. The summed E-state index contributed by atoms with van der Waals surface area (Å²) in [7, 11) is 0. The van der Waals surface area contributed by atoms with Gasteiger partial charge in [-0.25, -0.2) is 4.98 Å². The lowest BCUT2D eigenvalue weighted by Crippen LogP contribution is -2.42. The molecule has 1 fully saturated rings. The molecule has 2 rings (SSSR count). The molecule has 2 heterocycles. The fraction of sp³-hybridized carbons (Fsp3) is 0.538. The second-order valence-electron chi connectivity index (χ2n) is 4.93. The number of anilines is 1. The topological polar surface area (TPSA) is 54.0 Å². The molecule has 0 unspecified atom stereocenters. The Kier molecular flexibility index (Phi) is 3.43. The SMILES string of the molecule is Cc1cccc(NC(=O)C2(C)CCNCC2)n1. The number of carbonyl (C=O) groups is 1. The van der Waals surface area contributed by atoms with E-state index in [0.29, 0.717) is 5.82 Å². The largest absolute Gasteiger partial charge is 0.317 e. The maximum Gasteiger partial charge on any atom is 0.231 e. The van der Waals surface area contributed by atoms with Gasteiger partial charge in [-0.1, -0.05) is 13.0 Å². The van der Waals surface area contributed by atoms with Crippen molar-refractivity contribution in [3.8, 4) is 0 Å². The highest BCUT2D eigenvalue weighted by Crippen LogP contribution is 2.29. The second-order valence-corrected chi connectivity index (χ2v) is 4.93. The molecular weight excluding hydrogens is 214 g/mol. The Labute approximate surface area is 102 Å². The van der Waals surface area contributed by atoms with E-state index >= 15 is 0 Å². The number of rotatable bonds is 2. The molecule has 0 radical (unpaired) electrons. The molecular formula is C13H19N3O. The first-order valence-electron chi connectivity index (χ1n) is 6.06. The van der Waals surface area contributed by atoms with Gasteiger partial charge < -0.3 is 10.6 Å². The van der Waals surface area contributed by atoms with E-state index in [9.17, 15) is 4.79 Å². The third-order valence-electron chi connectivity index (χ3n) is 3.39. The van der Waals surface area contributed by atoms with Gasteiger partial charge in [-0.3, -0.25) is 4.79 Å². The number of amides is 1. The molecule has 1 amide bonds. The highest BCUT2D eigenvalue weighted by molar-refractivity contribution is 5.94. The van der Waals surface area contributed by atoms with E-state index in [-0.39, 0.29) is 11.3 Å². The van der Waals surface area contributed by atoms with Gasteiger partial charge in [0.2, 0.25) is 5.91 Å². The summed E-state index contributed by atoms with van der Waals surface area (Å²) in [5.74, 6) is 0.729. The Morgan fingerprint density at radius 2 is 2.12 bits per heavy atom. The van der Waals surface area contributed by atoms with Crippen LogP contribution in [-0.4, -0.2) is 24.0 Å². The van der Waals surface area contributed by atoms with Crippen LogP contribution in [0.25, 0.3) is 0 Å². The first kappa shape index (κ1) is 12.0. The molecule has 4 heteroatoms. The number of hydrogen-bond acceptors (Lipinski definition) is 3. The number of carbonyl (C=O) groups excluding carboxylic acids is 1. The summed E-state index contributed by atoms with van der Waals surface area (Å²) in [5.41, 5.74) is 0.648. The van der Waals surface area contributed by atoms with E-state index in [4.69, 9.17) is 0 Å². The van der Waals surface area contributed by atoms with Crippen molar-refractivity contribution in [1.82, 2.24) is 10.3 Å². The van der Waals surface area contributed by atoms with Crippen LogP contribution in [0, 0.1) is 12.3 Å². The molecule has 2 N–H and O–H groups in total. The van der Waals surface area contributed by atoms with Gasteiger partial charge in [0, 0.05) is 11.1 Å². The highest BCUT2D eigenvalue weighted by Gasteiger charge is 2.34. The zero-order chi connectivity index (χ0) is 12.3. The summed E-state index contributed by atoms with van der Waals surface area (Å²) in [4.78, 5) is 16.5. The number of hydrogen-bond donors (Lipinski definition) is 2. The molecule has 92 valence electrons. The number of pyridine rings is 1. The first-order chi connectivity index (χ1) is 8.10. The Hall–Kier alpha value is -1.42. The van der Waals surface area contributed by atoms with Crippen molar-refractivity contribution in [2.75, 3.05) is 18.4 Å². The Bertz CT molecular complexity index is 411. The third kappa shape index (κ3) is 2.82. The maximum atomic E-state index is 12.2. The van der Waals surface area contributed by atoms with Crippen molar-refractivity contribution in [3.63, 3.8) is 0 Å². The molecule has 0 bridgehead atoms. The fourth-order valence-electron chi connectivity index (χ4n) is 2.09. The fourth-order valence-corrected chi connectivity index (χ4v) is 2.09. The maximum absolute atomic E-state index is 12.2. The zero-order valence-electron chi connectivity index (χ0n) is 10.4. The molecule has 1 aromatic heterocycles. The highest BCUT2D eigenvalue weighted by atomic mass is 16.2. The molecule has 0 aromatic carbocycles. The van der Waals surface area contributed by atoms with Gasteiger partial charge in [-0.15, -0.1) is 0 Å². The third-order valence-corrected chi connectivity index (χ3v) is 3.39. The van der Waals surface area contributed by atoms with Crippen LogP contribution in [0.15, 0.2) is 18.2 Å². The van der Waals surface area contributed by atoms with Crippen LogP contribution in [0.3, 0.4) is 0 Å². The first-order valence-corrected chi connectivity index (χ1v) is 6.06. The summed E-state index contributed by atoms with van der Waals surface area (Å²) in [6.45, 7) is 5.76. The molecule has 1 aliphatic heterocycles. The van der Waals surface area contributed by atoms with Crippen LogP contribution in [0.1, 0.15) is 25.5 Å². The van der Waals surface area contributed by atoms with Crippen LogP contribution < -0.4 is 10.6 Å². The van der Waals surface area contributed by atoms with Gasteiger partial charge in [-0.05, 0) is 45.0 Å². The minimum atomic E-state index is -0.267. The van der Waals surface area contributed by atoms with Crippen molar-refractivity contribution < 1.29 is 4.79 Å². The molecule has 17 heavy (non-hydrogen) atoms. The summed E-state index contributed by atoms with van der Waals surface area (Å²) < 4.78 is 0. The van der Waals surface area contributed by atoms with Gasteiger partial charge >= 0.3 is 0 Å². The van der Waals surface area contributed by atoms with Crippen LogP contribution in [0.2, 0.25) is 0 Å². The Morgan fingerprint density at radius 3 is 2.76 bits per heavy atom. The minimum absolute atomic E-state index is 0.0806. The standard InChI is InChI=1S/C13H19N3O/c1-10-4-3-5-11(15-10)16-12(17)13(2)6-8-14-9-7-13/h3-5,14H,6-9H2,1-2H3,(H,15,16,17). The number of nitrogens with zero attached hydrogens (tertiary/aromatic N) is 1. The van der Waals surface area contributed by atoms with E-state index < -0.39 is 0 Å². The number of aromatic nitrogens is 1. The van der Waals surface area contributed by atoms with Crippen molar-refractivity contribution in [2.24, 2.45) is 5.41 Å². The van der Waals surface area contributed by atoms with E-state index in [1.54, 1.807) is 0 Å². The summed E-state index contributed by atoms with van der Waals surface area (Å²) in [6, 6.07) is 5.65. The number of aryl methyl sites for hydroxylation is 1. The van der Waals surface area contributed by atoms with Crippen LogP contribution in [0.4, 0.5) is 5.82 Å². The van der Waals surface area contributed by atoms with E-state index in [2.05, 4.69) is 15.6 Å². The lowest BCUT2D eigenvalue weighted by atomic mass is 9.80. The lowest BCUT2D eigenvalue weighted by Gasteiger charge is -2.32. The molecule has 4 nitrogen and oxygen atoms in total. The number of piperidine rings is 1. The molecule has 0 atom stereocenters. The van der Waals surface area contributed by atoms with E-state index in [1.165, 1.54) is 0 Å². The summed E-state index contributed by atoms with van der Waals surface area (Å²) >= 11 is 0. The zero-order valence-corrected chi connectivity index (χ0v) is 10.4. The Morgan fingerprint density at radius 1 is 1.41 bits per heavy atom. The Balaban J connectivity index is 2.05. The summed E-state index contributed by atoms with van der Waals surface area (Å²) in [6.07, 6.45) is 1.76. The smallest absolute Gasteiger partial charge is 0.231 e. The van der Waals surface area contributed by atoms with Crippen molar-refractivity contribution in [1.29, 1.82) is 0 Å². The molecule has 1 aromatic rings. The minimum Gasteiger partial charge on any atom is -0.317 e. The van der Waals surface area contributed by atoms with Gasteiger partial charge in [0.1, 0.15) is 5.82 Å². The summed E-state index contributed by atoms with van der Waals surface area (Å²) in [5, 5.41) is 6.19. The van der Waals surface area contributed by atoms with Crippen LogP contribution in [0.5, 0.6) is 0 Å². The van der Waals surface area contributed by atoms with Crippen molar-refractivity contribution in [2.45, 2.75) is 26.7 Å². The van der Waals surface area contributed by atoms with Crippen LogP contribution in [-0.2, 0) is 4.79 Å². The van der Waals surface area contributed by atoms with Crippen molar-refractivity contribution >= 4 is 11.7 Å². The number of nitrogens with one attached hydrogen (secondary N) is 2. The van der Waals surface area contributed by atoms with Gasteiger partial charge in [0.05, 0.1) is 0 Å². The molecule has 0 saturated carbocycles. The average molecular weight is 233 g/mol. The van der Waals surface area contributed by atoms with Gasteiger partial charge in [0.15, 0.2) is 0 Å². The average Bonchev–Trinajstić information content (AvgIpc) is 2.30.